The van der Waals surface area contributed by atoms with E-state index in [1.807, 2.05) is 4.68 Å². The monoisotopic (exact) mass is 407 g/mol. The summed E-state index contributed by atoms with van der Waals surface area (Å²) in [4.78, 5) is 3.97. The number of hydrogen-bond donors (Lipinski definition) is 2. The van der Waals surface area contributed by atoms with Crippen LogP contribution in [0.25, 0.3) is 0 Å². The molecule has 0 spiro atoms. The van der Waals surface area contributed by atoms with Crippen molar-refractivity contribution in [1.82, 2.24) is 20.1 Å². The van der Waals surface area contributed by atoms with E-state index < -0.39 is 0 Å². The lowest BCUT2D eigenvalue weighted by atomic mass is 9.93. The molecular formula is C23H29N5S. The van der Waals surface area contributed by atoms with Gasteiger partial charge in [0.2, 0.25) is 0 Å². The highest BCUT2D eigenvalue weighted by Crippen LogP contribution is 2.32. The SMILES string of the molecule is CC(C)c1cccc(C(C)C)c1NC(=S)NCc1ccc(Cn2cncn2)cc1. The molecule has 0 saturated carbocycles. The van der Waals surface area contributed by atoms with Gasteiger partial charge in [0, 0.05) is 12.2 Å². The number of nitrogens with zero attached hydrogens (tertiary/aromatic N) is 3. The van der Waals surface area contributed by atoms with E-state index in [0.29, 0.717) is 23.5 Å². The first-order valence-corrected chi connectivity index (χ1v) is 10.4. The average Bonchev–Trinajstić information content (AvgIpc) is 3.20. The second kappa shape index (κ2) is 9.65. The van der Waals surface area contributed by atoms with Crippen LogP contribution in [0.15, 0.2) is 55.1 Å². The van der Waals surface area contributed by atoms with Crippen molar-refractivity contribution in [3.8, 4) is 0 Å². The minimum atomic E-state index is 0.427. The van der Waals surface area contributed by atoms with Crippen LogP contribution in [0.4, 0.5) is 5.69 Å². The van der Waals surface area contributed by atoms with Crippen LogP contribution in [0.3, 0.4) is 0 Å². The molecule has 0 bridgehead atoms. The lowest BCUT2D eigenvalue weighted by Gasteiger charge is -2.21. The first-order chi connectivity index (χ1) is 13.9. The van der Waals surface area contributed by atoms with Crippen LogP contribution in [-0.2, 0) is 13.1 Å². The summed E-state index contributed by atoms with van der Waals surface area (Å²) in [5.74, 6) is 0.855. The molecule has 2 aromatic carbocycles. The first-order valence-electron chi connectivity index (χ1n) is 10.0. The number of para-hydroxylation sites is 1. The van der Waals surface area contributed by atoms with E-state index in [2.05, 4.69) is 90.9 Å². The predicted molar refractivity (Wildman–Crippen MR) is 123 cm³/mol. The maximum absolute atomic E-state index is 5.59. The van der Waals surface area contributed by atoms with Gasteiger partial charge in [-0.3, -0.25) is 0 Å². The molecule has 0 atom stereocenters. The van der Waals surface area contributed by atoms with Crippen LogP contribution in [0.1, 0.15) is 61.8 Å². The first kappa shape index (κ1) is 21.0. The Morgan fingerprint density at radius 2 is 1.59 bits per heavy atom. The molecule has 6 heteroatoms. The van der Waals surface area contributed by atoms with Crippen LogP contribution in [-0.4, -0.2) is 19.9 Å². The van der Waals surface area contributed by atoms with Crippen molar-refractivity contribution in [2.24, 2.45) is 0 Å². The van der Waals surface area contributed by atoms with Gasteiger partial charge in [0.25, 0.3) is 0 Å². The van der Waals surface area contributed by atoms with E-state index in [1.165, 1.54) is 22.3 Å². The predicted octanol–water partition coefficient (Wildman–Crippen LogP) is 5.06. The van der Waals surface area contributed by atoms with Gasteiger partial charge >= 0.3 is 0 Å². The number of rotatable bonds is 7. The van der Waals surface area contributed by atoms with Crippen LogP contribution >= 0.6 is 12.2 Å². The number of nitrogens with one attached hydrogen (secondary N) is 2. The normalized spacial score (nSPS) is 11.1. The summed E-state index contributed by atoms with van der Waals surface area (Å²) in [5, 5.41) is 11.6. The van der Waals surface area contributed by atoms with E-state index >= 15 is 0 Å². The van der Waals surface area contributed by atoms with E-state index in [0.717, 1.165) is 12.2 Å². The van der Waals surface area contributed by atoms with Gasteiger partial charge < -0.3 is 10.6 Å². The fourth-order valence-corrected chi connectivity index (χ4v) is 3.47. The summed E-state index contributed by atoms with van der Waals surface area (Å²) in [6, 6.07) is 14.9. The smallest absolute Gasteiger partial charge is 0.171 e. The largest absolute Gasteiger partial charge is 0.358 e. The molecule has 2 N–H and O–H groups in total. The topological polar surface area (TPSA) is 54.8 Å². The molecular weight excluding hydrogens is 378 g/mol. The average molecular weight is 408 g/mol. The van der Waals surface area contributed by atoms with Crippen LogP contribution in [0.5, 0.6) is 0 Å². The molecule has 5 nitrogen and oxygen atoms in total. The molecule has 0 saturated heterocycles. The van der Waals surface area contributed by atoms with Crippen molar-refractivity contribution < 1.29 is 0 Å². The summed E-state index contributed by atoms with van der Waals surface area (Å²) in [7, 11) is 0. The quantitative estimate of drug-likeness (QED) is 0.536. The third-order valence-corrected chi connectivity index (χ3v) is 5.15. The van der Waals surface area contributed by atoms with E-state index in [1.54, 1.807) is 12.7 Å². The summed E-state index contributed by atoms with van der Waals surface area (Å²) in [5.41, 5.74) is 6.08. The zero-order valence-electron chi connectivity index (χ0n) is 17.5. The fourth-order valence-electron chi connectivity index (χ4n) is 3.30. The van der Waals surface area contributed by atoms with Gasteiger partial charge in [0.05, 0.1) is 6.54 Å². The zero-order chi connectivity index (χ0) is 20.8. The minimum Gasteiger partial charge on any atom is -0.358 e. The number of thiocarbonyl (C=S) groups is 1. The lowest BCUT2D eigenvalue weighted by Crippen LogP contribution is -2.29. The Kier molecular flexibility index (Phi) is 6.99. The Morgan fingerprint density at radius 1 is 0.966 bits per heavy atom. The fraction of sp³-hybridized carbons (Fsp3) is 0.348. The molecule has 0 aliphatic carbocycles. The zero-order valence-corrected chi connectivity index (χ0v) is 18.3. The lowest BCUT2D eigenvalue weighted by molar-refractivity contribution is 0.684. The number of hydrogen-bond acceptors (Lipinski definition) is 3. The van der Waals surface area contributed by atoms with Gasteiger partial charge in [0.1, 0.15) is 12.7 Å². The van der Waals surface area contributed by atoms with Crippen molar-refractivity contribution in [3.05, 3.63) is 77.4 Å². The third-order valence-electron chi connectivity index (χ3n) is 4.90. The van der Waals surface area contributed by atoms with E-state index in [9.17, 15) is 0 Å². The highest BCUT2D eigenvalue weighted by molar-refractivity contribution is 7.80. The molecule has 0 aliphatic rings. The summed E-state index contributed by atoms with van der Waals surface area (Å²) in [6.07, 6.45) is 3.27. The molecule has 3 rings (SSSR count). The Bertz CT molecular complexity index is 904. The van der Waals surface area contributed by atoms with Crippen LogP contribution in [0.2, 0.25) is 0 Å². The Labute approximate surface area is 178 Å². The van der Waals surface area contributed by atoms with E-state index in [-0.39, 0.29) is 0 Å². The minimum absolute atomic E-state index is 0.427. The van der Waals surface area contributed by atoms with Gasteiger partial charge in [0.15, 0.2) is 5.11 Å². The number of benzene rings is 2. The van der Waals surface area contributed by atoms with Gasteiger partial charge in [-0.15, -0.1) is 0 Å². The molecule has 1 heterocycles. The summed E-state index contributed by atoms with van der Waals surface area (Å²) in [6.45, 7) is 10.2. The molecule has 0 radical (unpaired) electrons. The van der Waals surface area contributed by atoms with Gasteiger partial charge in [-0.25, -0.2) is 9.67 Å². The second-order valence-electron chi connectivity index (χ2n) is 7.84. The van der Waals surface area contributed by atoms with Crippen molar-refractivity contribution in [1.29, 1.82) is 0 Å². The van der Waals surface area contributed by atoms with Crippen LogP contribution < -0.4 is 10.6 Å². The Balaban J connectivity index is 1.62. The molecule has 1 aromatic heterocycles. The summed E-state index contributed by atoms with van der Waals surface area (Å²) < 4.78 is 1.81. The maximum atomic E-state index is 5.59. The highest BCUT2D eigenvalue weighted by Gasteiger charge is 2.14. The second-order valence-corrected chi connectivity index (χ2v) is 8.25. The molecule has 0 amide bonds. The Morgan fingerprint density at radius 3 is 2.14 bits per heavy atom. The highest BCUT2D eigenvalue weighted by atomic mass is 32.1. The maximum Gasteiger partial charge on any atom is 0.171 e. The number of aromatic nitrogens is 3. The number of anilines is 1. The van der Waals surface area contributed by atoms with Crippen molar-refractivity contribution in [3.63, 3.8) is 0 Å². The van der Waals surface area contributed by atoms with Gasteiger partial charge in [-0.05, 0) is 46.3 Å². The standard InChI is InChI=1S/C23H29N5S/c1-16(2)20-6-5-7-21(17(3)4)22(20)27-23(29)25-12-18-8-10-19(11-9-18)13-28-15-24-14-26-28/h5-11,14-17H,12-13H2,1-4H3,(H2,25,27,29). The molecule has 0 unspecified atom stereocenters. The van der Waals surface area contributed by atoms with E-state index in [4.69, 9.17) is 12.2 Å². The third kappa shape index (κ3) is 5.64. The van der Waals surface area contributed by atoms with Crippen molar-refractivity contribution >= 4 is 23.0 Å². The van der Waals surface area contributed by atoms with Gasteiger partial charge in [-0.1, -0.05) is 70.2 Å². The van der Waals surface area contributed by atoms with Crippen molar-refractivity contribution in [2.75, 3.05) is 5.32 Å². The summed E-state index contributed by atoms with van der Waals surface area (Å²) >= 11 is 5.59. The Hall–Kier alpha value is -2.73. The van der Waals surface area contributed by atoms with Crippen molar-refractivity contribution in [2.45, 2.75) is 52.6 Å². The molecule has 0 aliphatic heterocycles. The molecule has 0 fully saturated rings. The van der Waals surface area contributed by atoms with Gasteiger partial charge in [-0.2, -0.15) is 5.10 Å². The molecule has 29 heavy (non-hydrogen) atoms. The molecule has 152 valence electrons. The van der Waals surface area contributed by atoms with Crippen LogP contribution in [0, 0.1) is 0 Å². The molecule has 3 aromatic rings.